The zero-order valence-electron chi connectivity index (χ0n) is 15.8. The van der Waals surface area contributed by atoms with Crippen molar-refractivity contribution in [3.63, 3.8) is 0 Å². The van der Waals surface area contributed by atoms with E-state index in [9.17, 15) is 9.59 Å². The first-order valence-electron chi connectivity index (χ1n) is 9.00. The van der Waals surface area contributed by atoms with Crippen LogP contribution in [0.1, 0.15) is 39.2 Å². The van der Waals surface area contributed by atoms with Crippen molar-refractivity contribution in [3.05, 3.63) is 48.3 Å². The van der Waals surface area contributed by atoms with Gasteiger partial charge >= 0.3 is 0 Å². The van der Waals surface area contributed by atoms with Gasteiger partial charge in [-0.05, 0) is 36.6 Å². The number of amides is 2. The number of nitrogens with zero attached hydrogens (tertiary/aromatic N) is 2. The standard InChI is InChI=1S/C20H28N4O2/c1-20(2,3)19(26)22-12-4-6-18(25)21-14-11-16-7-9-17(10-8-16)24-15-5-13-23-24/h5,7-10,13,15H,4,6,11-12,14H2,1-3H3,(H,21,25)(H,22,26). The fourth-order valence-corrected chi connectivity index (χ4v) is 2.39. The third-order valence-electron chi connectivity index (χ3n) is 3.99. The van der Waals surface area contributed by atoms with E-state index in [0.717, 1.165) is 12.1 Å². The first-order valence-corrected chi connectivity index (χ1v) is 9.00. The second-order valence-electron chi connectivity index (χ2n) is 7.33. The van der Waals surface area contributed by atoms with E-state index >= 15 is 0 Å². The fourth-order valence-electron chi connectivity index (χ4n) is 2.39. The highest BCUT2D eigenvalue weighted by atomic mass is 16.2. The normalized spacial score (nSPS) is 11.2. The van der Waals surface area contributed by atoms with Gasteiger partial charge in [-0.1, -0.05) is 32.9 Å². The predicted molar refractivity (Wildman–Crippen MR) is 102 cm³/mol. The highest BCUT2D eigenvalue weighted by Gasteiger charge is 2.20. The Balaban J connectivity index is 1.62. The van der Waals surface area contributed by atoms with E-state index in [1.165, 1.54) is 5.56 Å². The Kier molecular flexibility index (Phi) is 6.95. The van der Waals surface area contributed by atoms with Crippen LogP contribution in [-0.2, 0) is 16.0 Å². The van der Waals surface area contributed by atoms with E-state index in [0.29, 0.717) is 25.9 Å². The molecule has 0 saturated carbocycles. The minimum absolute atomic E-state index is 0.0106. The van der Waals surface area contributed by atoms with Crippen LogP contribution in [0.2, 0.25) is 0 Å². The van der Waals surface area contributed by atoms with Gasteiger partial charge in [0.05, 0.1) is 5.69 Å². The number of hydrogen-bond donors (Lipinski definition) is 2. The quantitative estimate of drug-likeness (QED) is 0.714. The number of hydrogen-bond acceptors (Lipinski definition) is 3. The Labute approximate surface area is 155 Å². The van der Waals surface area contributed by atoms with Crippen LogP contribution in [-0.4, -0.2) is 34.7 Å². The Morgan fingerprint density at radius 3 is 2.42 bits per heavy atom. The van der Waals surface area contributed by atoms with E-state index < -0.39 is 5.41 Å². The summed E-state index contributed by atoms with van der Waals surface area (Å²) in [6.45, 7) is 6.75. The summed E-state index contributed by atoms with van der Waals surface area (Å²) in [5.41, 5.74) is 1.79. The third-order valence-corrected chi connectivity index (χ3v) is 3.99. The molecule has 1 aromatic carbocycles. The van der Waals surface area contributed by atoms with Crippen LogP contribution < -0.4 is 10.6 Å². The Morgan fingerprint density at radius 2 is 1.81 bits per heavy atom. The van der Waals surface area contributed by atoms with Crippen molar-refractivity contribution in [2.45, 2.75) is 40.0 Å². The summed E-state index contributed by atoms with van der Waals surface area (Å²) >= 11 is 0. The van der Waals surface area contributed by atoms with Crippen molar-refractivity contribution >= 4 is 11.8 Å². The van der Waals surface area contributed by atoms with E-state index in [-0.39, 0.29) is 11.8 Å². The minimum atomic E-state index is -0.394. The summed E-state index contributed by atoms with van der Waals surface area (Å²) in [4.78, 5) is 23.6. The number of carbonyl (C=O) groups excluding carboxylic acids is 2. The Bertz CT molecular complexity index is 700. The maximum atomic E-state index is 11.8. The number of nitrogens with one attached hydrogen (secondary N) is 2. The number of carbonyl (C=O) groups is 2. The van der Waals surface area contributed by atoms with Crippen LogP contribution in [0.3, 0.4) is 0 Å². The molecule has 1 heterocycles. The second kappa shape index (κ2) is 9.17. The summed E-state index contributed by atoms with van der Waals surface area (Å²) < 4.78 is 1.81. The lowest BCUT2D eigenvalue weighted by Crippen LogP contribution is -2.35. The van der Waals surface area contributed by atoms with Crippen molar-refractivity contribution in [2.24, 2.45) is 5.41 Å². The van der Waals surface area contributed by atoms with E-state index in [2.05, 4.69) is 15.7 Å². The molecule has 2 aromatic rings. The molecule has 2 rings (SSSR count). The lowest BCUT2D eigenvalue weighted by molar-refractivity contribution is -0.128. The zero-order chi connectivity index (χ0) is 19.0. The fraction of sp³-hybridized carbons (Fsp3) is 0.450. The van der Waals surface area contributed by atoms with Crippen LogP contribution in [0.5, 0.6) is 0 Å². The van der Waals surface area contributed by atoms with Crippen LogP contribution in [0.15, 0.2) is 42.7 Å². The second-order valence-corrected chi connectivity index (χ2v) is 7.33. The molecule has 0 atom stereocenters. The molecule has 0 radical (unpaired) electrons. The first kappa shape index (κ1) is 19.7. The molecule has 6 heteroatoms. The SMILES string of the molecule is CC(C)(C)C(=O)NCCCC(=O)NCCc1ccc(-n2cccn2)cc1. The summed E-state index contributed by atoms with van der Waals surface area (Å²) in [6.07, 6.45) is 5.50. The van der Waals surface area contributed by atoms with Crippen molar-refractivity contribution in [3.8, 4) is 5.69 Å². The van der Waals surface area contributed by atoms with Gasteiger partial charge in [0.2, 0.25) is 11.8 Å². The summed E-state index contributed by atoms with van der Waals surface area (Å²) in [5.74, 6) is 0.0274. The first-order chi connectivity index (χ1) is 12.4. The molecule has 2 amide bonds. The van der Waals surface area contributed by atoms with Gasteiger partial charge < -0.3 is 10.6 Å². The lowest BCUT2D eigenvalue weighted by atomic mass is 9.96. The van der Waals surface area contributed by atoms with Gasteiger partial charge in [0.1, 0.15) is 0 Å². The molecule has 140 valence electrons. The monoisotopic (exact) mass is 356 g/mol. The van der Waals surface area contributed by atoms with Crippen LogP contribution in [0.25, 0.3) is 5.69 Å². The maximum absolute atomic E-state index is 11.8. The Morgan fingerprint density at radius 1 is 1.08 bits per heavy atom. The molecule has 0 aliphatic rings. The molecule has 0 bridgehead atoms. The number of aromatic nitrogens is 2. The van der Waals surface area contributed by atoms with Gasteiger partial charge in [-0.15, -0.1) is 0 Å². The van der Waals surface area contributed by atoms with E-state index in [4.69, 9.17) is 0 Å². The lowest BCUT2D eigenvalue weighted by Gasteiger charge is -2.17. The van der Waals surface area contributed by atoms with Crippen LogP contribution >= 0.6 is 0 Å². The van der Waals surface area contributed by atoms with Gasteiger partial charge in [0, 0.05) is 37.3 Å². The number of rotatable bonds is 8. The molecule has 0 aliphatic carbocycles. The van der Waals surface area contributed by atoms with Gasteiger partial charge in [-0.2, -0.15) is 5.10 Å². The molecule has 0 spiro atoms. The smallest absolute Gasteiger partial charge is 0.225 e. The topological polar surface area (TPSA) is 76.0 Å². The third kappa shape index (κ3) is 6.35. The van der Waals surface area contributed by atoms with Crippen molar-refractivity contribution in [1.82, 2.24) is 20.4 Å². The van der Waals surface area contributed by atoms with Crippen molar-refractivity contribution in [1.29, 1.82) is 0 Å². The average Bonchev–Trinajstić information content (AvgIpc) is 3.13. The zero-order valence-corrected chi connectivity index (χ0v) is 15.8. The molecule has 26 heavy (non-hydrogen) atoms. The molecule has 2 N–H and O–H groups in total. The minimum Gasteiger partial charge on any atom is -0.356 e. The molecule has 6 nitrogen and oxygen atoms in total. The summed E-state index contributed by atoms with van der Waals surface area (Å²) in [6, 6.07) is 10.0. The van der Waals surface area contributed by atoms with Gasteiger partial charge in [0.15, 0.2) is 0 Å². The van der Waals surface area contributed by atoms with Crippen LogP contribution in [0.4, 0.5) is 0 Å². The highest BCUT2D eigenvalue weighted by Crippen LogP contribution is 2.12. The van der Waals surface area contributed by atoms with Crippen molar-refractivity contribution in [2.75, 3.05) is 13.1 Å². The molecule has 0 aliphatic heterocycles. The molecule has 0 unspecified atom stereocenters. The maximum Gasteiger partial charge on any atom is 0.225 e. The summed E-state index contributed by atoms with van der Waals surface area (Å²) in [5, 5.41) is 9.97. The van der Waals surface area contributed by atoms with E-state index in [1.54, 1.807) is 6.20 Å². The largest absolute Gasteiger partial charge is 0.356 e. The van der Waals surface area contributed by atoms with Gasteiger partial charge in [-0.25, -0.2) is 4.68 Å². The molecular weight excluding hydrogens is 328 g/mol. The summed E-state index contributed by atoms with van der Waals surface area (Å²) in [7, 11) is 0. The Hall–Kier alpha value is -2.63. The predicted octanol–water partition coefficient (Wildman–Crippen LogP) is 2.47. The molecule has 0 saturated heterocycles. The average molecular weight is 356 g/mol. The van der Waals surface area contributed by atoms with Crippen LogP contribution in [0, 0.1) is 5.41 Å². The molecule has 0 fully saturated rings. The molecule has 1 aromatic heterocycles. The number of benzene rings is 1. The highest BCUT2D eigenvalue weighted by molar-refractivity contribution is 5.81. The van der Waals surface area contributed by atoms with Gasteiger partial charge in [-0.3, -0.25) is 9.59 Å². The molecular formula is C20H28N4O2. The van der Waals surface area contributed by atoms with Gasteiger partial charge in [0.25, 0.3) is 0 Å². The van der Waals surface area contributed by atoms with E-state index in [1.807, 2.05) is 62.0 Å². The van der Waals surface area contributed by atoms with Crippen molar-refractivity contribution < 1.29 is 9.59 Å².